The number of amides is 3. The zero-order valence-corrected chi connectivity index (χ0v) is 17.5. The lowest BCUT2D eigenvalue weighted by Crippen LogP contribution is -2.35. The van der Waals surface area contributed by atoms with Crippen LogP contribution in [0.5, 0.6) is 0 Å². The fourth-order valence-electron chi connectivity index (χ4n) is 4.51. The number of carbonyl (C=O) groups is 2. The Morgan fingerprint density at radius 1 is 1.16 bits per heavy atom. The van der Waals surface area contributed by atoms with Gasteiger partial charge in [-0.15, -0.1) is 0 Å². The molecule has 3 amide bonds. The van der Waals surface area contributed by atoms with Crippen LogP contribution >= 0.6 is 0 Å². The monoisotopic (exact) mass is 419 g/mol. The molecule has 0 radical (unpaired) electrons. The van der Waals surface area contributed by atoms with Gasteiger partial charge in [0.15, 0.2) is 0 Å². The number of aromatic nitrogens is 2. The maximum atomic E-state index is 13.1. The number of rotatable bonds is 4. The number of nitrogens with zero attached hydrogens (tertiary/aromatic N) is 4. The Morgan fingerprint density at radius 2 is 1.97 bits per heavy atom. The summed E-state index contributed by atoms with van der Waals surface area (Å²) in [6.45, 7) is 4.55. The number of anilines is 2. The molecule has 2 aliphatic heterocycles. The normalized spacial score (nSPS) is 18.6. The zero-order chi connectivity index (χ0) is 21.4. The minimum atomic E-state index is -0.337. The second kappa shape index (κ2) is 7.94. The van der Waals surface area contributed by atoms with Crippen LogP contribution in [-0.2, 0) is 11.3 Å². The van der Waals surface area contributed by atoms with Crippen molar-refractivity contribution in [2.75, 3.05) is 29.9 Å². The Hall–Kier alpha value is -3.55. The van der Waals surface area contributed by atoms with Crippen LogP contribution in [0.25, 0.3) is 11.0 Å². The van der Waals surface area contributed by atoms with Crippen LogP contribution < -0.4 is 10.2 Å². The Morgan fingerprint density at radius 3 is 2.71 bits per heavy atom. The molecule has 1 unspecified atom stereocenters. The summed E-state index contributed by atoms with van der Waals surface area (Å²) in [5.74, 6) is 0.944. The van der Waals surface area contributed by atoms with Crippen molar-refractivity contribution in [2.24, 2.45) is 0 Å². The van der Waals surface area contributed by atoms with E-state index in [4.69, 9.17) is 9.72 Å². The van der Waals surface area contributed by atoms with Crippen LogP contribution in [0.3, 0.4) is 0 Å². The van der Waals surface area contributed by atoms with E-state index in [1.807, 2.05) is 47.4 Å². The molecular weight excluding hydrogens is 394 g/mol. The van der Waals surface area contributed by atoms with Crippen molar-refractivity contribution in [3.05, 3.63) is 54.4 Å². The lowest BCUT2D eigenvalue weighted by molar-refractivity contribution is 0.181. The first-order valence-corrected chi connectivity index (χ1v) is 10.7. The summed E-state index contributed by atoms with van der Waals surface area (Å²) in [6, 6.07) is 15.2. The van der Waals surface area contributed by atoms with Crippen LogP contribution in [0.2, 0.25) is 0 Å². The molecular formula is C23H25N5O3. The van der Waals surface area contributed by atoms with Crippen molar-refractivity contribution in [1.82, 2.24) is 14.5 Å². The molecule has 2 aromatic carbocycles. The van der Waals surface area contributed by atoms with Crippen molar-refractivity contribution in [2.45, 2.75) is 32.4 Å². The smallest absolute Gasteiger partial charge is 0.414 e. The largest absolute Gasteiger partial charge is 0.447 e. The number of imidazole rings is 1. The number of ether oxygens (including phenoxy) is 1. The molecule has 0 aliphatic carbocycles. The maximum Gasteiger partial charge on any atom is 0.414 e. The molecule has 8 nitrogen and oxygen atoms in total. The van der Waals surface area contributed by atoms with Gasteiger partial charge in [0, 0.05) is 24.5 Å². The van der Waals surface area contributed by atoms with E-state index in [0.717, 1.165) is 41.9 Å². The summed E-state index contributed by atoms with van der Waals surface area (Å²) in [5.41, 5.74) is 3.51. The van der Waals surface area contributed by atoms with Gasteiger partial charge in [-0.1, -0.05) is 12.1 Å². The predicted octanol–water partition coefficient (Wildman–Crippen LogP) is 4.38. The second-order valence-corrected chi connectivity index (χ2v) is 7.80. The van der Waals surface area contributed by atoms with Gasteiger partial charge >= 0.3 is 12.1 Å². The number of benzene rings is 2. The third-order valence-corrected chi connectivity index (χ3v) is 6.00. The molecule has 31 heavy (non-hydrogen) atoms. The lowest BCUT2D eigenvalue weighted by Gasteiger charge is -2.25. The zero-order valence-electron chi connectivity index (χ0n) is 17.5. The Balaban J connectivity index is 1.34. The molecule has 1 atom stereocenters. The average molecular weight is 419 g/mol. The molecule has 0 bridgehead atoms. The van der Waals surface area contributed by atoms with E-state index in [0.29, 0.717) is 25.4 Å². The molecule has 5 rings (SSSR count). The Kier molecular flexibility index (Phi) is 4.97. The number of aryl methyl sites for hydroxylation is 1. The molecule has 2 aliphatic rings. The van der Waals surface area contributed by atoms with E-state index < -0.39 is 0 Å². The molecule has 0 saturated carbocycles. The van der Waals surface area contributed by atoms with Gasteiger partial charge in [-0.05, 0) is 56.2 Å². The number of cyclic esters (lactones) is 1. The first-order valence-electron chi connectivity index (χ1n) is 10.7. The first-order chi connectivity index (χ1) is 15.2. The van der Waals surface area contributed by atoms with Crippen molar-refractivity contribution in [3.63, 3.8) is 0 Å². The number of urea groups is 1. The topological polar surface area (TPSA) is 79.7 Å². The molecule has 3 aromatic rings. The number of hydrogen-bond acceptors (Lipinski definition) is 4. The minimum Gasteiger partial charge on any atom is -0.447 e. The molecule has 2 saturated heterocycles. The van der Waals surface area contributed by atoms with Crippen LogP contribution in [0, 0.1) is 0 Å². The lowest BCUT2D eigenvalue weighted by atomic mass is 10.2. The van der Waals surface area contributed by atoms with E-state index >= 15 is 0 Å². The van der Waals surface area contributed by atoms with Crippen molar-refractivity contribution in [1.29, 1.82) is 0 Å². The summed E-state index contributed by atoms with van der Waals surface area (Å²) < 4.78 is 7.18. The highest BCUT2D eigenvalue weighted by Crippen LogP contribution is 2.34. The summed E-state index contributed by atoms with van der Waals surface area (Å²) >= 11 is 0. The van der Waals surface area contributed by atoms with Gasteiger partial charge in [0.05, 0.1) is 23.6 Å². The standard InChI is InChI=1S/C23H25N5O3/c1-2-26-19-7-4-3-6-18(19)25-21(26)20-8-5-13-28(20)22(29)24-16-9-11-17(12-10-16)27-14-15-31-23(27)30/h3-4,6-7,9-12,20H,2,5,8,13-15H2,1H3,(H,24,29). The van der Waals surface area contributed by atoms with Crippen LogP contribution in [0.15, 0.2) is 48.5 Å². The molecule has 3 heterocycles. The summed E-state index contributed by atoms with van der Waals surface area (Å²) in [6.07, 6.45) is 1.50. The van der Waals surface area contributed by atoms with Gasteiger partial charge in [-0.25, -0.2) is 14.6 Å². The summed E-state index contributed by atoms with van der Waals surface area (Å²) in [5, 5.41) is 3.00. The fourth-order valence-corrected chi connectivity index (χ4v) is 4.51. The highest BCUT2D eigenvalue weighted by molar-refractivity contribution is 5.92. The Labute approximate surface area is 180 Å². The van der Waals surface area contributed by atoms with Gasteiger partial charge < -0.3 is 19.5 Å². The van der Waals surface area contributed by atoms with E-state index in [-0.39, 0.29) is 18.2 Å². The number of carbonyl (C=O) groups excluding carboxylic acids is 2. The fraction of sp³-hybridized carbons (Fsp3) is 0.348. The molecule has 1 aromatic heterocycles. The van der Waals surface area contributed by atoms with E-state index in [2.05, 4.69) is 22.9 Å². The van der Waals surface area contributed by atoms with Crippen LogP contribution in [-0.4, -0.2) is 46.3 Å². The van der Waals surface area contributed by atoms with Gasteiger partial charge in [0.25, 0.3) is 0 Å². The molecule has 8 heteroatoms. The SMILES string of the molecule is CCn1c(C2CCCN2C(=O)Nc2ccc(N3CCOC3=O)cc2)nc2ccccc21. The van der Waals surface area contributed by atoms with Gasteiger partial charge in [-0.3, -0.25) is 4.90 Å². The van der Waals surface area contributed by atoms with E-state index in [9.17, 15) is 9.59 Å². The third-order valence-electron chi connectivity index (χ3n) is 6.00. The van der Waals surface area contributed by atoms with Gasteiger partial charge in [0.2, 0.25) is 0 Å². The third kappa shape index (κ3) is 3.48. The maximum absolute atomic E-state index is 13.1. The molecule has 2 fully saturated rings. The van der Waals surface area contributed by atoms with Gasteiger partial charge in [0.1, 0.15) is 12.4 Å². The van der Waals surface area contributed by atoms with Crippen LogP contribution in [0.4, 0.5) is 21.0 Å². The number of likely N-dealkylation sites (tertiary alicyclic amines) is 1. The van der Waals surface area contributed by atoms with Crippen molar-refractivity contribution >= 4 is 34.5 Å². The second-order valence-electron chi connectivity index (χ2n) is 7.80. The van der Waals surface area contributed by atoms with Crippen molar-refractivity contribution in [3.8, 4) is 0 Å². The summed E-state index contributed by atoms with van der Waals surface area (Å²) in [4.78, 5) is 33.1. The summed E-state index contributed by atoms with van der Waals surface area (Å²) in [7, 11) is 0. The quantitative estimate of drug-likeness (QED) is 0.681. The number of para-hydroxylation sites is 2. The highest BCUT2D eigenvalue weighted by atomic mass is 16.6. The number of hydrogen-bond donors (Lipinski definition) is 1. The van der Waals surface area contributed by atoms with Crippen molar-refractivity contribution < 1.29 is 14.3 Å². The van der Waals surface area contributed by atoms with E-state index in [1.165, 1.54) is 0 Å². The number of fused-ring (bicyclic) bond motifs is 1. The minimum absolute atomic E-state index is 0.0500. The first kappa shape index (κ1) is 19.4. The molecule has 0 spiro atoms. The van der Waals surface area contributed by atoms with Gasteiger partial charge in [-0.2, -0.15) is 0 Å². The predicted molar refractivity (Wildman–Crippen MR) is 118 cm³/mol. The molecule has 1 N–H and O–H groups in total. The highest BCUT2D eigenvalue weighted by Gasteiger charge is 2.33. The van der Waals surface area contributed by atoms with Crippen LogP contribution in [0.1, 0.15) is 31.6 Å². The average Bonchev–Trinajstić information content (AvgIpc) is 3.51. The number of nitrogens with one attached hydrogen (secondary N) is 1. The van der Waals surface area contributed by atoms with E-state index in [1.54, 1.807) is 4.90 Å². The molecule has 160 valence electrons. The Bertz CT molecular complexity index is 1120.